The zero-order valence-electron chi connectivity index (χ0n) is 17.7. The van der Waals surface area contributed by atoms with E-state index < -0.39 is 0 Å². The molecule has 0 amide bonds. The maximum Gasteiger partial charge on any atom is 0.110 e. The molecule has 0 radical (unpaired) electrons. The largest absolute Gasteiger partial charge is 0.264 e. The van der Waals surface area contributed by atoms with Gasteiger partial charge in [0.15, 0.2) is 0 Å². The van der Waals surface area contributed by atoms with Gasteiger partial charge in [0.05, 0.1) is 16.9 Å². The van der Waals surface area contributed by atoms with Crippen LogP contribution < -0.4 is 0 Å². The fourth-order valence-electron chi connectivity index (χ4n) is 3.17. The number of hydrogen-bond acceptors (Lipinski definition) is 4. The van der Waals surface area contributed by atoms with Crippen LogP contribution in [0.3, 0.4) is 0 Å². The molecule has 2 aromatic heterocycles. The number of fused-ring (bicyclic) bond motifs is 1. The molecule has 0 N–H and O–H groups in total. The second kappa shape index (κ2) is 9.88. The summed E-state index contributed by atoms with van der Waals surface area (Å²) in [7, 11) is 0. The fraction of sp³-hybridized carbons (Fsp3) is 0.333. The van der Waals surface area contributed by atoms with Gasteiger partial charge in [-0.25, -0.2) is 0 Å². The van der Waals surface area contributed by atoms with Gasteiger partial charge in [-0.05, 0) is 56.0 Å². The standard InChI is InChI=1S/C14H19N.C10H11N3/c1-6-10(3)13-9-8-11(4)12(7-2)14(13)15-5;1-3-8-6-13-7(2)9-10(8)12-5-4-11-9/h7-10H,2,5-6H2,1,3-4H3;4-6H,3H2,1-2H3. The van der Waals surface area contributed by atoms with E-state index in [1.54, 1.807) is 12.4 Å². The van der Waals surface area contributed by atoms with Gasteiger partial charge in [0.1, 0.15) is 5.52 Å². The number of rotatable bonds is 5. The summed E-state index contributed by atoms with van der Waals surface area (Å²) < 4.78 is 0. The predicted octanol–water partition coefficient (Wildman–Crippen LogP) is 6.38. The molecule has 0 bridgehead atoms. The Morgan fingerprint density at radius 1 is 1.07 bits per heavy atom. The first-order valence-electron chi connectivity index (χ1n) is 9.76. The Kier molecular flexibility index (Phi) is 7.56. The molecule has 0 fully saturated rings. The fourth-order valence-corrected chi connectivity index (χ4v) is 3.17. The number of aliphatic imine (C=N–C) groups is 1. The minimum Gasteiger partial charge on any atom is -0.264 e. The lowest BCUT2D eigenvalue weighted by Gasteiger charge is -2.15. The van der Waals surface area contributed by atoms with E-state index in [9.17, 15) is 0 Å². The highest BCUT2D eigenvalue weighted by atomic mass is 14.8. The first kappa shape index (κ1) is 21.4. The third kappa shape index (κ3) is 4.50. The molecule has 0 spiro atoms. The van der Waals surface area contributed by atoms with Gasteiger partial charge in [-0.15, -0.1) is 0 Å². The Hall–Kier alpha value is -2.88. The maximum absolute atomic E-state index is 4.31. The third-order valence-electron chi connectivity index (χ3n) is 5.11. The monoisotopic (exact) mass is 374 g/mol. The highest BCUT2D eigenvalue weighted by Crippen LogP contribution is 2.34. The van der Waals surface area contributed by atoms with Gasteiger partial charge in [0, 0.05) is 24.2 Å². The summed E-state index contributed by atoms with van der Waals surface area (Å²) in [5, 5.41) is 0. The molecule has 28 heavy (non-hydrogen) atoms. The average Bonchev–Trinajstić information content (AvgIpc) is 2.73. The van der Waals surface area contributed by atoms with Crippen molar-refractivity contribution in [1.29, 1.82) is 0 Å². The van der Waals surface area contributed by atoms with Crippen molar-refractivity contribution in [3.05, 3.63) is 65.2 Å². The average molecular weight is 375 g/mol. The molecule has 2 heterocycles. The van der Waals surface area contributed by atoms with Gasteiger partial charge in [-0.3, -0.25) is 19.9 Å². The van der Waals surface area contributed by atoms with E-state index in [4.69, 9.17) is 0 Å². The first-order chi connectivity index (χ1) is 13.5. The molecule has 4 heteroatoms. The molecule has 146 valence electrons. The lowest BCUT2D eigenvalue weighted by atomic mass is 9.92. The van der Waals surface area contributed by atoms with Gasteiger partial charge in [-0.1, -0.05) is 45.6 Å². The Labute approximate surface area is 168 Å². The summed E-state index contributed by atoms with van der Waals surface area (Å²) in [6, 6.07) is 4.29. The van der Waals surface area contributed by atoms with Crippen molar-refractivity contribution in [1.82, 2.24) is 15.0 Å². The Morgan fingerprint density at radius 2 is 1.75 bits per heavy atom. The number of pyridine rings is 1. The summed E-state index contributed by atoms with van der Waals surface area (Å²) in [4.78, 5) is 17.0. The van der Waals surface area contributed by atoms with Crippen molar-refractivity contribution in [2.75, 3.05) is 0 Å². The molecule has 0 saturated heterocycles. The Bertz CT molecular complexity index is 976. The number of aromatic nitrogens is 3. The van der Waals surface area contributed by atoms with Crippen LogP contribution in [0.5, 0.6) is 0 Å². The lowest BCUT2D eigenvalue weighted by Crippen LogP contribution is -1.95. The Morgan fingerprint density at radius 3 is 2.32 bits per heavy atom. The normalized spacial score (nSPS) is 11.5. The summed E-state index contributed by atoms with van der Waals surface area (Å²) in [5.41, 5.74) is 8.60. The lowest BCUT2D eigenvalue weighted by molar-refractivity contribution is 0.734. The van der Waals surface area contributed by atoms with Crippen LogP contribution in [0, 0.1) is 13.8 Å². The van der Waals surface area contributed by atoms with Crippen LogP contribution in [-0.2, 0) is 6.42 Å². The van der Waals surface area contributed by atoms with E-state index in [1.807, 2.05) is 19.2 Å². The van der Waals surface area contributed by atoms with Gasteiger partial charge in [0.2, 0.25) is 0 Å². The molecular formula is C24H30N4. The van der Waals surface area contributed by atoms with Gasteiger partial charge < -0.3 is 0 Å². The summed E-state index contributed by atoms with van der Waals surface area (Å²) in [5.74, 6) is 0.518. The summed E-state index contributed by atoms with van der Waals surface area (Å²) in [6.45, 7) is 18.0. The summed E-state index contributed by atoms with van der Waals surface area (Å²) in [6.07, 6.45) is 9.24. The molecule has 1 aromatic carbocycles. The molecule has 4 nitrogen and oxygen atoms in total. The smallest absolute Gasteiger partial charge is 0.110 e. The van der Waals surface area contributed by atoms with E-state index in [-0.39, 0.29) is 0 Å². The van der Waals surface area contributed by atoms with Crippen molar-refractivity contribution >= 4 is 29.5 Å². The number of aryl methyl sites for hydroxylation is 3. The van der Waals surface area contributed by atoms with E-state index in [0.29, 0.717) is 5.92 Å². The van der Waals surface area contributed by atoms with E-state index in [1.165, 1.54) is 11.1 Å². The minimum absolute atomic E-state index is 0.518. The predicted molar refractivity (Wildman–Crippen MR) is 121 cm³/mol. The summed E-state index contributed by atoms with van der Waals surface area (Å²) >= 11 is 0. The van der Waals surface area contributed by atoms with Crippen molar-refractivity contribution < 1.29 is 0 Å². The molecule has 1 atom stereocenters. The van der Waals surface area contributed by atoms with E-state index in [0.717, 1.165) is 46.4 Å². The quantitative estimate of drug-likeness (QED) is 0.487. The van der Waals surface area contributed by atoms with E-state index >= 15 is 0 Å². The highest BCUT2D eigenvalue weighted by Gasteiger charge is 2.12. The molecule has 0 saturated carbocycles. The van der Waals surface area contributed by atoms with Crippen LogP contribution in [0.15, 0.2) is 42.3 Å². The molecular weight excluding hydrogens is 344 g/mol. The molecule has 1 unspecified atom stereocenters. The molecule has 0 aliphatic heterocycles. The van der Waals surface area contributed by atoms with Gasteiger partial charge in [0.25, 0.3) is 0 Å². The number of nitrogens with zero attached hydrogens (tertiary/aromatic N) is 4. The number of benzene rings is 1. The zero-order chi connectivity index (χ0) is 20.7. The van der Waals surface area contributed by atoms with Crippen LogP contribution >= 0.6 is 0 Å². The SMILES string of the molecule is C=Cc1c(C)ccc(C(C)CC)c1N=C.CCc1cnc(C)c2nccnc12. The minimum atomic E-state index is 0.518. The molecule has 0 aliphatic rings. The van der Waals surface area contributed by atoms with Crippen LogP contribution in [0.25, 0.3) is 17.1 Å². The first-order valence-corrected chi connectivity index (χ1v) is 9.76. The van der Waals surface area contributed by atoms with Gasteiger partial charge in [-0.2, -0.15) is 0 Å². The van der Waals surface area contributed by atoms with Crippen LogP contribution in [0.2, 0.25) is 0 Å². The molecule has 3 rings (SSSR count). The Balaban J connectivity index is 0.000000202. The van der Waals surface area contributed by atoms with Crippen molar-refractivity contribution in [2.24, 2.45) is 4.99 Å². The third-order valence-corrected chi connectivity index (χ3v) is 5.11. The van der Waals surface area contributed by atoms with E-state index in [2.05, 4.69) is 73.1 Å². The second-order valence-corrected chi connectivity index (χ2v) is 6.88. The maximum atomic E-state index is 4.31. The molecule has 3 aromatic rings. The van der Waals surface area contributed by atoms with Crippen molar-refractivity contribution in [3.63, 3.8) is 0 Å². The van der Waals surface area contributed by atoms with Crippen LogP contribution in [0.1, 0.15) is 61.1 Å². The zero-order valence-corrected chi connectivity index (χ0v) is 17.7. The molecule has 0 aliphatic carbocycles. The van der Waals surface area contributed by atoms with Crippen molar-refractivity contribution in [2.45, 2.75) is 53.4 Å². The topological polar surface area (TPSA) is 51.0 Å². The van der Waals surface area contributed by atoms with Gasteiger partial charge >= 0.3 is 0 Å². The van der Waals surface area contributed by atoms with Crippen molar-refractivity contribution in [3.8, 4) is 0 Å². The van der Waals surface area contributed by atoms with Crippen LogP contribution in [0.4, 0.5) is 5.69 Å². The number of hydrogen-bond donors (Lipinski definition) is 0. The second-order valence-electron chi connectivity index (χ2n) is 6.88. The van der Waals surface area contributed by atoms with Crippen LogP contribution in [-0.4, -0.2) is 21.7 Å². The highest BCUT2D eigenvalue weighted by molar-refractivity contribution is 5.79.